The molecule has 0 aliphatic heterocycles. The van der Waals surface area contributed by atoms with Gasteiger partial charge < -0.3 is 14.2 Å². The number of nitrogens with zero attached hydrogens (tertiary/aromatic N) is 6. The van der Waals surface area contributed by atoms with Crippen LogP contribution in [0.25, 0.3) is 27.9 Å². The van der Waals surface area contributed by atoms with Crippen LogP contribution in [-0.2, 0) is 11.3 Å². The van der Waals surface area contributed by atoms with Gasteiger partial charge in [-0.3, -0.25) is 0 Å². The Labute approximate surface area is 214 Å². The van der Waals surface area contributed by atoms with E-state index in [-0.39, 0.29) is 12.6 Å². The normalized spacial score (nSPS) is 11.5. The van der Waals surface area contributed by atoms with Crippen LogP contribution in [0.3, 0.4) is 0 Å². The first kappa shape index (κ1) is 23.8. The van der Waals surface area contributed by atoms with Crippen LogP contribution in [0.1, 0.15) is 42.7 Å². The molecule has 36 heavy (non-hydrogen) atoms. The molecular formula is C27H27ClN6O2. The van der Waals surface area contributed by atoms with E-state index in [1.165, 1.54) is 6.20 Å². The van der Waals surface area contributed by atoms with Gasteiger partial charge in [0.05, 0.1) is 23.5 Å². The number of hydrogen-bond donors (Lipinski definition) is 0. The van der Waals surface area contributed by atoms with E-state index in [4.69, 9.17) is 21.3 Å². The zero-order valence-electron chi connectivity index (χ0n) is 20.6. The van der Waals surface area contributed by atoms with E-state index in [9.17, 15) is 4.79 Å². The monoisotopic (exact) mass is 502 g/mol. The van der Waals surface area contributed by atoms with E-state index in [0.717, 1.165) is 28.0 Å². The van der Waals surface area contributed by atoms with Crippen molar-refractivity contribution in [1.29, 1.82) is 0 Å². The van der Waals surface area contributed by atoms with Crippen molar-refractivity contribution in [3.05, 3.63) is 77.2 Å². The molecule has 0 spiro atoms. The fourth-order valence-corrected chi connectivity index (χ4v) is 4.51. The summed E-state index contributed by atoms with van der Waals surface area (Å²) >= 11 is 6.34. The molecular weight excluding hydrogens is 476 g/mol. The van der Waals surface area contributed by atoms with Crippen LogP contribution in [0.4, 0.5) is 5.82 Å². The Balaban J connectivity index is 1.74. The number of ether oxygens (including phenoxy) is 1. The second kappa shape index (κ2) is 9.62. The maximum Gasteiger partial charge on any atom is 0.343 e. The number of aromatic nitrogens is 5. The molecule has 0 saturated heterocycles. The lowest BCUT2D eigenvalue weighted by molar-refractivity contribution is 0.0528. The number of fused-ring (bicyclic) bond motifs is 2. The first-order chi connectivity index (χ1) is 17.4. The number of anilines is 1. The quantitative estimate of drug-likeness (QED) is 0.262. The molecule has 0 aliphatic carbocycles. The Kier molecular flexibility index (Phi) is 6.36. The first-order valence-corrected chi connectivity index (χ1v) is 12.2. The van der Waals surface area contributed by atoms with Crippen molar-refractivity contribution >= 4 is 40.1 Å². The van der Waals surface area contributed by atoms with E-state index in [1.54, 1.807) is 17.6 Å². The van der Waals surface area contributed by atoms with Gasteiger partial charge in [-0.1, -0.05) is 41.9 Å². The lowest BCUT2D eigenvalue weighted by Gasteiger charge is -2.21. The molecule has 4 aromatic heterocycles. The second-order valence-corrected chi connectivity index (χ2v) is 9.36. The summed E-state index contributed by atoms with van der Waals surface area (Å²) in [5, 5.41) is 5.94. The van der Waals surface area contributed by atoms with Gasteiger partial charge in [0, 0.05) is 49.0 Å². The van der Waals surface area contributed by atoms with Gasteiger partial charge in [0.15, 0.2) is 5.65 Å². The molecule has 0 atom stereocenters. The van der Waals surface area contributed by atoms with Crippen molar-refractivity contribution in [3.63, 3.8) is 0 Å². The maximum absolute atomic E-state index is 12.7. The molecule has 0 N–H and O–H groups in total. The van der Waals surface area contributed by atoms with Crippen LogP contribution in [0.2, 0.25) is 5.02 Å². The summed E-state index contributed by atoms with van der Waals surface area (Å²) in [6.45, 7) is 6.90. The molecule has 0 saturated carbocycles. The van der Waals surface area contributed by atoms with Crippen molar-refractivity contribution in [2.75, 3.05) is 18.6 Å². The molecule has 8 nitrogen and oxygen atoms in total. The number of carbonyl (C=O) groups excluding carboxylic acids is 1. The third kappa shape index (κ3) is 4.28. The average Bonchev–Trinajstić information content (AvgIpc) is 3.46. The maximum atomic E-state index is 12.7. The highest BCUT2D eigenvalue weighted by atomic mass is 35.5. The molecule has 5 aromatic rings. The second-order valence-electron chi connectivity index (χ2n) is 8.92. The number of pyridine rings is 1. The number of benzene rings is 1. The molecule has 9 heteroatoms. The minimum Gasteiger partial charge on any atom is -0.462 e. The largest absolute Gasteiger partial charge is 0.462 e. The van der Waals surface area contributed by atoms with Gasteiger partial charge in [0.1, 0.15) is 17.0 Å². The number of carbonyl (C=O) groups is 1. The fourth-order valence-electron chi connectivity index (χ4n) is 4.35. The number of hydrogen-bond acceptors (Lipinski definition) is 6. The van der Waals surface area contributed by atoms with Crippen molar-refractivity contribution in [3.8, 4) is 11.3 Å². The molecule has 0 fully saturated rings. The molecule has 0 radical (unpaired) electrons. The highest BCUT2D eigenvalue weighted by Crippen LogP contribution is 2.34. The van der Waals surface area contributed by atoms with Crippen LogP contribution in [0, 0.1) is 0 Å². The lowest BCUT2D eigenvalue weighted by Crippen LogP contribution is -2.20. The number of rotatable bonds is 7. The van der Waals surface area contributed by atoms with Gasteiger partial charge in [-0.2, -0.15) is 9.61 Å². The van der Waals surface area contributed by atoms with Gasteiger partial charge in [-0.25, -0.2) is 14.8 Å². The summed E-state index contributed by atoms with van der Waals surface area (Å²) in [5.41, 5.74) is 4.29. The zero-order valence-corrected chi connectivity index (χ0v) is 21.4. The minimum absolute atomic E-state index is 0.184. The van der Waals surface area contributed by atoms with Crippen molar-refractivity contribution < 1.29 is 9.53 Å². The van der Waals surface area contributed by atoms with Crippen LogP contribution >= 0.6 is 11.6 Å². The Morgan fingerprint density at radius 1 is 1.14 bits per heavy atom. The summed E-state index contributed by atoms with van der Waals surface area (Å²) < 4.78 is 9.07. The van der Waals surface area contributed by atoms with E-state index >= 15 is 0 Å². The number of halogens is 1. The van der Waals surface area contributed by atoms with Crippen LogP contribution in [-0.4, -0.2) is 43.8 Å². The SMILES string of the molecule is CCOC(=O)c1cnn2c(N(C)Cc3ccccc3)cc(-c3cn(C(C)C)c4ncc(Cl)cc34)nc12. The van der Waals surface area contributed by atoms with Crippen LogP contribution in [0.5, 0.6) is 0 Å². The predicted octanol–water partition coefficient (Wildman–Crippen LogP) is 5.79. The highest BCUT2D eigenvalue weighted by molar-refractivity contribution is 6.31. The Hall–Kier alpha value is -3.91. The van der Waals surface area contributed by atoms with Gasteiger partial charge in [-0.15, -0.1) is 0 Å². The summed E-state index contributed by atoms with van der Waals surface area (Å²) in [4.78, 5) is 24.3. The van der Waals surface area contributed by atoms with Crippen LogP contribution in [0.15, 0.2) is 61.1 Å². The molecule has 184 valence electrons. The van der Waals surface area contributed by atoms with Crippen molar-refractivity contribution in [2.45, 2.75) is 33.4 Å². The number of esters is 1. The van der Waals surface area contributed by atoms with Crippen molar-refractivity contribution in [2.24, 2.45) is 0 Å². The zero-order chi connectivity index (χ0) is 25.4. The van der Waals surface area contributed by atoms with Crippen LogP contribution < -0.4 is 4.90 Å². The minimum atomic E-state index is -0.455. The Bertz CT molecular complexity index is 1560. The summed E-state index contributed by atoms with van der Waals surface area (Å²) in [6.07, 6.45) is 5.21. The van der Waals surface area contributed by atoms with Gasteiger partial charge in [0.25, 0.3) is 0 Å². The first-order valence-electron chi connectivity index (χ1n) is 11.8. The average molecular weight is 503 g/mol. The molecule has 0 amide bonds. The topological polar surface area (TPSA) is 77.5 Å². The summed E-state index contributed by atoms with van der Waals surface area (Å²) in [7, 11) is 1.99. The molecule has 0 aliphatic rings. The van der Waals surface area contributed by atoms with Gasteiger partial charge in [0.2, 0.25) is 0 Å². The molecule has 4 heterocycles. The molecule has 5 rings (SSSR count). The van der Waals surface area contributed by atoms with E-state index in [2.05, 4.69) is 45.5 Å². The van der Waals surface area contributed by atoms with Crippen molar-refractivity contribution in [1.82, 2.24) is 24.1 Å². The lowest BCUT2D eigenvalue weighted by atomic mass is 10.1. The summed E-state index contributed by atoms with van der Waals surface area (Å²) in [6, 6.07) is 14.2. The highest BCUT2D eigenvalue weighted by Gasteiger charge is 2.22. The molecule has 1 aromatic carbocycles. The van der Waals surface area contributed by atoms with Gasteiger partial charge >= 0.3 is 5.97 Å². The standard InChI is InChI=1S/C27H27ClN6O2/c1-5-36-27(35)21-14-30-34-24(32(4)15-18-9-7-6-8-10-18)12-23(31-26(21)34)22-16-33(17(2)3)25-20(22)11-19(28)13-29-25/h6-14,16-17H,5,15H2,1-4H3. The third-order valence-electron chi connectivity index (χ3n) is 6.07. The third-order valence-corrected chi connectivity index (χ3v) is 6.28. The smallest absolute Gasteiger partial charge is 0.343 e. The summed E-state index contributed by atoms with van der Waals surface area (Å²) in [5.74, 6) is 0.331. The molecule has 0 bridgehead atoms. The predicted molar refractivity (Wildman–Crippen MR) is 142 cm³/mol. The van der Waals surface area contributed by atoms with E-state index < -0.39 is 5.97 Å². The fraction of sp³-hybridized carbons (Fsp3) is 0.259. The van der Waals surface area contributed by atoms with E-state index in [0.29, 0.717) is 28.5 Å². The Morgan fingerprint density at radius 3 is 2.64 bits per heavy atom. The Morgan fingerprint density at radius 2 is 1.92 bits per heavy atom. The van der Waals surface area contributed by atoms with Gasteiger partial charge in [-0.05, 0) is 32.4 Å². The molecule has 0 unspecified atom stereocenters. The van der Waals surface area contributed by atoms with E-state index in [1.807, 2.05) is 43.6 Å².